The molecule has 0 atom stereocenters. The van der Waals surface area contributed by atoms with Crippen LogP contribution in [0, 0.1) is 0 Å². The Bertz CT molecular complexity index is 145. The van der Waals surface area contributed by atoms with Gasteiger partial charge in [0.15, 0.2) is 0 Å². The summed E-state index contributed by atoms with van der Waals surface area (Å²) < 4.78 is 7.73. The predicted molar refractivity (Wildman–Crippen MR) is 51.9 cm³/mol. The molecule has 0 N–H and O–H groups in total. The first-order valence-electron chi connectivity index (χ1n) is 4.09. The number of allylic oxidation sites excluding steroid dienone is 2. The summed E-state index contributed by atoms with van der Waals surface area (Å²) in [6, 6.07) is 0. The van der Waals surface area contributed by atoms with Crippen LogP contribution in [-0.4, -0.2) is 53.4 Å². The van der Waals surface area contributed by atoms with E-state index < -0.39 is 18.9 Å². The van der Waals surface area contributed by atoms with Gasteiger partial charge < -0.3 is 0 Å². The van der Waals surface area contributed by atoms with E-state index in [2.05, 4.69) is 46.6 Å². The first-order valence-corrected chi connectivity index (χ1v) is 10.7. The van der Waals surface area contributed by atoms with Crippen molar-refractivity contribution in [2.24, 2.45) is 0 Å². The fraction of sp³-hybridized carbons (Fsp3) is 0.750. The third-order valence-electron chi connectivity index (χ3n) is 2.72. The Morgan fingerprint density at radius 1 is 0.909 bits per heavy atom. The third kappa shape index (κ3) is 1.63. The first-order chi connectivity index (χ1) is 5.09. The number of hydrogen-bond acceptors (Lipinski definition) is 2. The van der Waals surface area contributed by atoms with Gasteiger partial charge in [0, 0.05) is 0 Å². The van der Waals surface area contributed by atoms with Gasteiger partial charge in [-0.25, -0.2) is 0 Å². The van der Waals surface area contributed by atoms with Gasteiger partial charge >= 0.3 is 74.4 Å². The van der Waals surface area contributed by atoms with Crippen molar-refractivity contribution >= 4 is 18.9 Å². The number of rotatable bonds is 2. The van der Waals surface area contributed by atoms with E-state index >= 15 is 0 Å². The molecule has 1 rings (SSSR count). The van der Waals surface area contributed by atoms with Crippen molar-refractivity contribution in [3.8, 4) is 0 Å². The van der Waals surface area contributed by atoms with Gasteiger partial charge in [-0.2, -0.15) is 0 Å². The molecule has 0 radical (unpaired) electrons. The minimum absolute atomic E-state index is 1.36. The molecule has 0 aliphatic carbocycles. The van der Waals surface area contributed by atoms with Crippen molar-refractivity contribution in [2.45, 2.75) is 8.87 Å². The van der Waals surface area contributed by atoms with Crippen molar-refractivity contribution in [3.63, 3.8) is 0 Å². The summed E-state index contributed by atoms with van der Waals surface area (Å²) in [4.78, 5) is 0. The van der Waals surface area contributed by atoms with E-state index in [1.54, 1.807) is 0 Å². The van der Waals surface area contributed by atoms with Gasteiger partial charge in [-0.1, -0.05) is 0 Å². The monoisotopic (exact) mass is 262 g/mol. The number of hydrogen-bond donors (Lipinski definition) is 0. The topological polar surface area (TPSA) is 6.48 Å². The van der Waals surface area contributed by atoms with Crippen LogP contribution in [0.4, 0.5) is 0 Å². The zero-order chi connectivity index (χ0) is 8.48. The van der Waals surface area contributed by atoms with Crippen LogP contribution in [0.2, 0.25) is 8.87 Å². The first kappa shape index (κ1) is 9.55. The molecule has 1 aliphatic rings. The van der Waals surface area contributed by atoms with E-state index in [1.807, 2.05) is 0 Å². The molecule has 0 saturated carbocycles. The molecule has 1 aliphatic heterocycles. The van der Waals surface area contributed by atoms with Crippen molar-refractivity contribution in [1.29, 1.82) is 0 Å². The molecule has 0 saturated heterocycles. The quantitative estimate of drug-likeness (QED) is 0.543. The van der Waals surface area contributed by atoms with Crippen LogP contribution in [0.25, 0.3) is 0 Å². The van der Waals surface area contributed by atoms with Crippen LogP contribution in [-0.2, 0) is 0 Å². The Kier molecular flexibility index (Phi) is 3.00. The van der Waals surface area contributed by atoms with Crippen LogP contribution in [0.3, 0.4) is 0 Å². The summed E-state index contributed by atoms with van der Waals surface area (Å²) in [5.41, 5.74) is 0. The molecular weight excluding hydrogens is 243 g/mol. The van der Waals surface area contributed by atoms with Gasteiger partial charge in [-0.05, 0) is 0 Å². The summed E-state index contributed by atoms with van der Waals surface area (Å²) >= 11 is -1.99. The number of nitrogens with zero attached hydrogens (tertiary/aromatic N) is 2. The van der Waals surface area contributed by atoms with Gasteiger partial charge in [0.1, 0.15) is 0 Å². The second-order valence-corrected chi connectivity index (χ2v) is 16.7. The van der Waals surface area contributed by atoms with E-state index in [4.69, 9.17) is 0 Å². The average molecular weight is 261 g/mol. The summed E-state index contributed by atoms with van der Waals surface area (Å²) in [5, 5.41) is 0. The molecule has 0 aromatic heterocycles. The van der Waals surface area contributed by atoms with Crippen molar-refractivity contribution in [3.05, 3.63) is 12.2 Å². The molecule has 2 nitrogen and oxygen atoms in total. The molecule has 0 bridgehead atoms. The molecular formula is C8H18N2Sn. The molecule has 64 valence electrons. The molecule has 11 heavy (non-hydrogen) atoms. The van der Waals surface area contributed by atoms with Crippen molar-refractivity contribution < 1.29 is 0 Å². The zero-order valence-corrected chi connectivity index (χ0v) is 10.8. The summed E-state index contributed by atoms with van der Waals surface area (Å²) in [5.74, 6) is 0. The summed E-state index contributed by atoms with van der Waals surface area (Å²) in [6.07, 6.45) is 4.71. The van der Waals surface area contributed by atoms with Gasteiger partial charge in [0.2, 0.25) is 0 Å². The third-order valence-corrected chi connectivity index (χ3v) is 17.3. The zero-order valence-electron chi connectivity index (χ0n) is 7.96. The van der Waals surface area contributed by atoms with Gasteiger partial charge in [0.25, 0.3) is 0 Å². The normalized spacial score (nSPS) is 22.0. The van der Waals surface area contributed by atoms with Crippen LogP contribution >= 0.6 is 0 Å². The summed E-state index contributed by atoms with van der Waals surface area (Å²) in [7, 11) is 8.96. The van der Waals surface area contributed by atoms with E-state index in [0.717, 1.165) is 0 Å². The van der Waals surface area contributed by atoms with Crippen LogP contribution < -0.4 is 0 Å². The Balaban J connectivity index is 2.73. The molecule has 0 aromatic carbocycles. The predicted octanol–water partition coefficient (Wildman–Crippen LogP) is 1.12. The van der Waals surface area contributed by atoms with Gasteiger partial charge in [-0.15, -0.1) is 0 Å². The van der Waals surface area contributed by atoms with E-state index in [0.29, 0.717) is 0 Å². The van der Waals surface area contributed by atoms with E-state index in [1.165, 1.54) is 8.87 Å². The molecule has 3 heteroatoms. The van der Waals surface area contributed by atoms with E-state index in [9.17, 15) is 0 Å². The van der Waals surface area contributed by atoms with Crippen molar-refractivity contribution in [1.82, 2.24) is 6.24 Å². The molecule has 1 heterocycles. The SMILES string of the molecule is C[N](C)[Sn]1([N](C)C)[CH2]C=C[CH2]1. The average Bonchev–Trinajstić information content (AvgIpc) is 2.34. The molecule has 0 amide bonds. The minimum atomic E-state index is -1.99. The Hall–Kier alpha value is 0.459. The van der Waals surface area contributed by atoms with E-state index in [-0.39, 0.29) is 0 Å². The maximum absolute atomic E-state index is 2.51. The molecule has 0 aromatic rings. The van der Waals surface area contributed by atoms with Crippen LogP contribution in [0.15, 0.2) is 12.2 Å². The molecule has 0 spiro atoms. The summed E-state index contributed by atoms with van der Waals surface area (Å²) in [6.45, 7) is 0. The molecule has 0 unspecified atom stereocenters. The fourth-order valence-electron chi connectivity index (χ4n) is 1.76. The maximum atomic E-state index is 2.51. The Morgan fingerprint density at radius 3 is 1.45 bits per heavy atom. The second kappa shape index (κ2) is 3.45. The van der Waals surface area contributed by atoms with Crippen LogP contribution in [0.5, 0.6) is 0 Å². The van der Waals surface area contributed by atoms with Gasteiger partial charge in [0.05, 0.1) is 0 Å². The second-order valence-electron chi connectivity index (χ2n) is 3.65. The fourth-order valence-corrected chi connectivity index (χ4v) is 11.8. The molecule has 0 fully saturated rings. The van der Waals surface area contributed by atoms with Crippen molar-refractivity contribution in [2.75, 3.05) is 28.2 Å². The van der Waals surface area contributed by atoms with Crippen LogP contribution in [0.1, 0.15) is 0 Å². The standard InChI is InChI=1S/C4H6.2C2H6N.Sn/c1-3-4-2;2*1-3-2;/h3-4H,1-2H2;2*1-2H3;/q;2*-1;+2. The Labute approximate surface area is 74.4 Å². The van der Waals surface area contributed by atoms with Gasteiger partial charge in [-0.3, -0.25) is 0 Å². The Morgan fingerprint density at radius 2 is 1.27 bits per heavy atom.